The molecule has 0 bridgehead atoms. The van der Waals surface area contributed by atoms with E-state index in [9.17, 15) is 19.2 Å². The molecule has 0 aliphatic carbocycles. The molecule has 1 aliphatic rings. The first kappa shape index (κ1) is 39.7. The molecule has 4 amide bonds. The van der Waals surface area contributed by atoms with E-state index in [0.29, 0.717) is 52.4 Å². The van der Waals surface area contributed by atoms with Crippen LogP contribution < -0.4 is 21.3 Å². The fourth-order valence-electron chi connectivity index (χ4n) is 4.85. The van der Waals surface area contributed by atoms with Crippen molar-refractivity contribution in [1.82, 2.24) is 40.9 Å². The van der Waals surface area contributed by atoms with E-state index in [-0.39, 0.29) is 72.0 Å². The van der Waals surface area contributed by atoms with Crippen molar-refractivity contribution < 1.29 is 19.2 Å². The van der Waals surface area contributed by atoms with E-state index in [1.807, 2.05) is 83.1 Å². The van der Waals surface area contributed by atoms with Crippen molar-refractivity contribution in [3.05, 3.63) is 0 Å². The van der Waals surface area contributed by atoms with Crippen molar-refractivity contribution in [3.63, 3.8) is 0 Å². The first-order chi connectivity index (χ1) is 19.9. The SMILES string of the molecule is CC(C)(C)NC(=O)CN1CCN(CC(=O)NC(C)(C)C)CCN(CC(=O)NC(C)(C)C)CCN(CC(=O)NC(C)(C)C)CC1. The fourth-order valence-corrected chi connectivity index (χ4v) is 4.85. The van der Waals surface area contributed by atoms with Gasteiger partial charge in [0, 0.05) is 74.5 Å². The molecule has 256 valence electrons. The summed E-state index contributed by atoms with van der Waals surface area (Å²) in [6.07, 6.45) is 0. The average molecular weight is 625 g/mol. The van der Waals surface area contributed by atoms with Gasteiger partial charge in [0.2, 0.25) is 23.6 Å². The Labute approximate surface area is 267 Å². The van der Waals surface area contributed by atoms with Crippen LogP contribution in [0.5, 0.6) is 0 Å². The van der Waals surface area contributed by atoms with Gasteiger partial charge in [0.25, 0.3) is 0 Å². The molecular formula is C32H64N8O4. The van der Waals surface area contributed by atoms with Crippen LogP contribution in [0.15, 0.2) is 0 Å². The van der Waals surface area contributed by atoms with Gasteiger partial charge in [-0.25, -0.2) is 0 Å². The molecule has 0 aromatic carbocycles. The maximum Gasteiger partial charge on any atom is 0.234 e. The minimum Gasteiger partial charge on any atom is -0.350 e. The lowest BCUT2D eigenvalue weighted by Gasteiger charge is -2.35. The highest BCUT2D eigenvalue weighted by atomic mass is 16.2. The Hall–Kier alpha value is -2.28. The maximum absolute atomic E-state index is 12.9. The van der Waals surface area contributed by atoms with E-state index in [1.165, 1.54) is 0 Å². The van der Waals surface area contributed by atoms with E-state index in [0.717, 1.165) is 0 Å². The molecule has 0 aromatic rings. The molecule has 4 N–H and O–H groups in total. The smallest absolute Gasteiger partial charge is 0.234 e. The number of nitrogens with zero attached hydrogens (tertiary/aromatic N) is 4. The lowest BCUT2D eigenvalue weighted by molar-refractivity contribution is -0.126. The van der Waals surface area contributed by atoms with Crippen LogP contribution in [-0.4, -0.2) is 144 Å². The maximum atomic E-state index is 12.9. The quantitative estimate of drug-likeness (QED) is 0.313. The number of hydrogen-bond donors (Lipinski definition) is 4. The Morgan fingerprint density at radius 1 is 0.364 bits per heavy atom. The summed E-state index contributed by atoms with van der Waals surface area (Å²) in [5.41, 5.74) is -1.39. The molecule has 0 radical (unpaired) electrons. The second-order valence-corrected chi connectivity index (χ2v) is 16.3. The Kier molecular flexibility index (Phi) is 15.2. The van der Waals surface area contributed by atoms with Gasteiger partial charge in [-0.15, -0.1) is 0 Å². The second-order valence-electron chi connectivity index (χ2n) is 16.3. The summed E-state index contributed by atoms with van der Waals surface area (Å²) >= 11 is 0. The number of nitrogens with one attached hydrogen (secondary N) is 4. The van der Waals surface area contributed by atoms with Gasteiger partial charge in [-0.3, -0.25) is 38.8 Å². The molecule has 1 fully saturated rings. The summed E-state index contributed by atoms with van der Waals surface area (Å²) in [6.45, 7) is 29.0. The highest BCUT2D eigenvalue weighted by Crippen LogP contribution is 2.06. The van der Waals surface area contributed by atoms with Crippen LogP contribution >= 0.6 is 0 Å². The molecule has 1 saturated heterocycles. The van der Waals surface area contributed by atoms with Crippen molar-refractivity contribution in [1.29, 1.82) is 0 Å². The fraction of sp³-hybridized carbons (Fsp3) is 0.875. The zero-order valence-corrected chi connectivity index (χ0v) is 29.9. The van der Waals surface area contributed by atoms with Crippen LogP contribution in [0.3, 0.4) is 0 Å². The highest BCUT2D eigenvalue weighted by molar-refractivity contribution is 5.80. The topological polar surface area (TPSA) is 129 Å². The second kappa shape index (κ2) is 16.9. The Bertz CT molecular complexity index is 776. The third-order valence-corrected chi connectivity index (χ3v) is 6.46. The number of hydrogen-bond acceptors (Lipinski definition) is 8. The van der Waals surface area contributed by atoms with E-state index in [2.05, 4.69) is 40.9 Å². The summed E-state index contributed by atoms with van der Waals surface area (Å²) < 4.78 is 0. The molecule has 12 nitrogen and oxygen atoms in total. The first-order valence-corrected chi connectivity index (χ1v) is 16.0. The van der Waals surface area contributed by atoms with Crippen molar-refractivity contribution in [3.8, 4) is 0 Å². The van der Waals surface area contributed by atoms with Gasteiger partial charge in [-0.1, -0.05) is 0 Å². The van der Waals surface area contributed by atoms with E-state index in [4.69, 9.17) is 0 Å². The van der Waals surface area contributed by atoms with Crippen LogP contribution in [0, 0.1) is 0 Å². The van der Waals surface area contributed by atoms with Crippen LogP contribution in [0.4, 0.5) is 0 Å². The summed E-state index contributed by atoms with van der Waals surface area (Å²) in [6, 6.07) is 0. The minimum atomic E-state index is -0.347. The number of amides is 4. The standard InChI is InChI=1S/C32H64N8O4/c1-29(2,3)33-25(41)21-37-13-15-38(22-26(42)34-30(4,5)6)17-19-40(24-28(44)36-32(10,11)12)20-18-39(16-14-37)23-27(43)35-31(7,8)9/h13-24H2,1-12H3,(H,33,41)(H,34,42)(H,35,43)(H,36,44). The van der Waals surface area contributed by atoms with E-state index >= 15 is 0 Å². The van der Waals surface area contributed by atoms with Crippen molar-refractivity contribution in [2.24, 2.45) is 0 Å². The number of carbonyl (C=O) groups is 4. The van der Waals surface area contributed by atoms with Gasteiger partial charge in [-0.2, -0.15) is 0 Å². The average Bonchev–Trinajstić information content (AvgIpc) is 2.75. The van der Waals surface area contributed by atoms with Crippen LogP contribution in [0.1, 0.15) is 83.1 Å². The molecule has 1 rings (SSSR count). The lowest BCUT2D eigenvalue weighted by Crippen LogP contribution is -2.54. The zero-order chi connectivity index (χ0) is 33.9. The molecule has 1 heterocycles. The molecule has 1 aliphatic heterocycles. The van der Waals surface area contributed by atoms with Crippen LogP contribution in [0.25, 0.3) is 0 Å². The third-order valence-electron chi connectivity index (χ3n) is 6.46. The van der Waals surface area contributed by atoms with E-state index < -0.39 is 0 Å². The van der Waals surface area contributed by atoms with Gasteiger partial charge in [0.05, 0.1) is 26.2 Å². The molecular weight excluding hydrogens is 560 g/mol. The minimum absolute atomic E-state index is 0.0605. The predicted molar refractivity (Wildman–Crippen MR) is 177 cm³/mol. The first-order valence-electron chi connectivity index (χ1n) is 16.0. The molecule has 0 unspecified atom stereocenters. The van der Waals surface area contributed by atoms with Crippen LogP contribution in [-0.2, 0) is 19.2 Å². The van der Waals surface area contributed by atoms with Gasteiger partial charge in [0.1, 0.15) is 0 Å². The van der Waals surface area contributed by atoms with Crippen LogP contribution in [0.2, 0.25) is 0 Å². The summed E-state index contributed by atoms with van der Waals surface area (Å²) in [5, 5.41) is 12.2. The van der Waals surface area contributed by atoms with E-state index in [1.54, 1.807) is 0 Å². The van der Waals surface area contributed by atoms with Gasteiger partial charge in [-0.05, 0) is 83.1 Å². The van der Waals surface area contributed by atoms with Crippen molar-refractivity contribution in [2.75, 3.05) is 78.5 Å². The normalized spacial score (nSPS) is 18.1. The van der Waals surface area contributed by atoms with Gasteiger partial charge in [0.15, 0.2) is 0 Å². The number of rotatable bonds is 8. The molecule has 12 heteroatoms. The molecule has 0 aromatic heterocycles. The number of carbonyl (C=O) groups excluding carboxylic acids is 4. The molecule has 0 atom stereocenters. The largest absolute Gasteiger partial charge is 0.350 e. The Morgan fingerprint density at radius 3 is 0.614 bits per heavy atom. The molecule has 44 heavy (non-hydrogen) atoms. The molecule has 0 spiro atoms. The Balaban J connectivity index is 3.23. The zero-order valence-electron chi connectivity index (χ0n) is 29.9. The summed E-state index contributed by atoms with van der Waals surface area (Å²) in [5.74, 6) is -0.242. The summed E-state index contributed by atoms with van der Waals surface area (Å²) in [7, 11) is 0. The molecule has 0 saturated carbocycles. The Morgan fingerprint density at radius 2 is 0.500 bits per heavy atom. The van der Waals surface area contributed by atoms with Crippen molar-refractivity contribution in [2.45, 2.75) is 105 Å². The van der Waals surface area contributed by atoms with Gasteiger partial charge >= 0.3 is 0 Å². The monoisotopic (exact) mass is 625 g/mol. The van der Waals surface area contributed by atoms with Crippen molar-refractivity contribution >= 4 is 23.6 Å². The lowest BCUT2D eigenvalue weighted by atomic mass is 10.1. The third kappa shape index (κ3) is 20.6. The predicted octanol–water partition coefficient (Wildman–Crippen LogP) is 0.867. The van der Waals surface area contributed by atoms with Gasteiger partial charge < -0.3 is 21.3 Å². The highest BCUT2D eigenvalue weighted by Gasteiger charge is 2.25. The summed E-state index contributed by atoms with van der Waals surface area (Å²) in [4.78, 5) is 60.1.